The number of benzene rings is 1. The van der Waals surface area contributed by atoms with Crippen molar-refractivity contribution in [3.05, 3.63) is 60.2 Å². The number of aromatic nitrogens is 3. The molecule has 1 atom stereocenters. The maximum atomic E-state index is 13.3. The number of methoxy groups -OCH3 is 1. The van der Waals surface area contributed by atoms with Gasteiger partial charge in [-0.2, -0.15) is 4.31 Å². The van der Waals surface area contributed by atoms with Crippen molar-refractivity contribution in [1.82, 2.24) is 19.3 Å². The zero-order chi connectivity index (χ0) is 22.0. The zero-order valence-electron chi connectivity index (χ0n) is 17.5. The van der Waals surface area contributed by atoms with Crippen LogP contribution in [-0.4, -0.2) is 47.9 Å². The van der Waals surface area contributed by atoms with Crippen molar-refractivity contribution in [3.63, 3.8) is 0 Å². The van der Waals surface area contributed by atoms with Crippen LogP contribution in [0.5, 0.6) is 5.75 Å². The highest BCUT2D eigenvalue weighted by molar-refractivity contribution is 7.89. The average molecular weight is 440 g/mol. The van der Waals surface area contributed by atoms with E-state index >= 15 is 0 Å². The molecule has 4 rings (SSSR count). The number of nitrogens with zero attached hydrogens (tertiary/aromatic N) is 4. The van der Waals surface area contributed by atoms with Gasteiger partial charge in [-0.05, 0) is 49.6 Å². The Balaban J connectivity index is 1.64. The summed E-state index contributed by atoms with van der Waals surface area (Å²) in [7, 11) is -2.20. The first-order chi connectivity index (χ1) is 14.9. The summed E-state index contributed by atoms with van der Waals surface area (Å²) in [6.45, 7) is 2.77. The second kappa shape index (κ2) is 8.60. The molecule has 0 bridgehead atoms. The van der Waals surface area contributed by atoms with Gasteiger partial charge in [-0.3, -0.25) is 4.98 Å². The molecule has 0 aliphatic carbocycles. The van der Waals surface area contributed by atoms with Crippen molar-refractivity contribution < 1.29 is 13.2 Å². The Morgan fingerprint density at radius 3 is 2.61 bits per heavy atom. The number of aryl methyl sites for hydroxylation is 1. The fourth-order valence-corrected chi connectivity index (χ4v) is 5.61. The molecule has 0 amide bonds. The lowest BCUT2D eigenvalue weighted by Crippen LogP contribution is -2.39. The molecular formula is C22H25N5O3S. The van der Waals surface area contributed by atoms with Crippen molar-refractivity contribution in [2.45, 2.75) is 30.6 Å². The van der Waals surface area contributed by atoms with E-state index in [9.17, 15) is 8.42 Å². The molecule has 0 radical (unpaired) electrons. The van der Waals surface area contributed by atoms with Crippen LogP contribution < -0.4 is 10.5 Å². The molecule has 3 aromatic rings. The van der Waals surface area contributed by atoms with Crippen LogP contribution in [0.3, 0.4) is 0 Å². The third-order valence-electron chi connectivity index (χ3n) is 5.47. The van der Waals surface area contributed by atoms with E-state index in [2.05, 4.69) is 9.97 Å². The standard InChI is InChI=1S/C22H25N5O3S/c1-15-10-17(18-12-24-22(23)25-13-18)11-19(26-15)16-6-5-9-27(14-16)31(28,29)21-8-4-3-7-20(21)30-2/h3-4,7-8,10-13,16H,5-6,9,14H2,1-2H3,(H2,23,24,25)/t16-/m1/s1. The summed E-state index contributed by atoms with van der Waals surface area (Å²) < 4.78 is 33.5. The summed E-state index contributed by atoms with van der Waals surface area (Å²) in [6.07, 6.45) is 4.99. The molecule has 3 heterocycles. The van der Waals surface area contributed by atoms with Crippen LogP contribution in [0.15, 0.2) is 53.7 Å². The van der Waals surface area contributed by atoms with Gasteiger partial charge in [0.05, 0.1) is 7.11 Å². The second-order valence-electron chi connectivity index (χ2n) is 7.61. The van der Waals surface area contributed by atoms with Crippen molar-refractivity contribution in [2.75, 3.05) is 25.9 Å². The van der Waals surface area contributed by atoms with E-state index in [1.807, 2.05) is 19.1 Å². The first kappa shape index (κ1) is 21.2. The molecule has 0 unspecified atom stereocenters. The van der Waals surface area contributed by atoms with Gasteiger partial charge in [-0.25, -0.2) is 18.4 Å². The lowest BCUT2D eigenvalue weighted by Gasteiger charge is -2.32. The third-order valence-corrected chi connectivity index (χ3v) is 7.37. The van der Waals surface area contributed by atoms with Gasteiger partial charge in [0.15, 0.2) is 0 Å². The van der Waals surface area contributed by atoms with Crippen LogP contribution in [0.4, 0.5) is 5.95 Å². The molecular weight excluding hydrogens is 414 g/mol. The SMILES string of the molecule is COc1ccccc1S(=O)(=O)N1CCC[C@@H](c2cc(-c3cnc(N)nc3)cc(C)n2)C1. The van der Waals surface area contributed by atoms with Gasteiger partial charge in [0, 0.05) is 48.4 Å². The van der Waals surface area contributed by atoms with Gasteiger partial charge in [0.1, 0.15) is 10.6 Å². The van der Waals surface area contributed by atoms with Crippen LogP contribution in [0.1, 0.15) is 30.1 Å². The van der Waals surface area contributed by atoms with Gasteiger partial charge >= 0.3 is 0 Å². The number of nitrogens with two attached hydrogens (primary N) is 1. The molecule has 1 aliphatic heterocycles. The quantitative estimate of drug-likeness (QED) is 0.650. The fourth-order valence-electron chi connectivity index (χ4n) is 3.93. The Morgan fingerprint density at radius 1 is 1.13 bits per heavy atom. The smallest absolute Gasteiger partial charge is 0.246 e. The Bertz CT molecular complexity index is 1180. The third kappa shape index (κ3) is 4.38. The molecule has 0 saturated carbocycles. The van der Waals surface area contributed by atoms with Crippen LogP contribution in [0.2, 0.25) is 0 Å². The topological polar surface area (TPSA) is 111 Å². The van der Waals surface area contributed by atoms with Crippen molar-refractivity contribution in [3.8, 4) is 16.9 Å². The zero-order valence-corrected chi connectivity index (χ0v) is 18.3. The van der Waals surface area contributed by atoms with Gasteiger partial charge in [-0.1, -0.05) is 12.1 Å². The average Bonchev–Trinajstić information content (AvgIpc) is 2.79. The van der Waals surface area contributed by atoms with E-state index in [-0.39, 0.29) is 16.8 Å². The van der Waals surface area contributed by atoms with Crippen LogP contribution in [0.25, 0.3) is 11.1 Å². The van der Waals surface area contributed by atoms with E-state index in [1.165, 1.54) is 11.4 Å². The Hall–Kier alpha value is -3.04. The van der Waals surface area contributed by atoms with Gasteiger partial charge < -0.3 is 10.5 Å². The maximum absolute atomic E-state index is 13.3. The number of ether oxygens (including phenoxy) is 1. The number of piperidine rings is 1. The van der Waals surface area contributed by atoms with Crippen molar-refractivity contribution >= 4 is 16.0 Å². The molecule has 1 aliphatic rings. The summed E-state index contributed by atoms with van der Waals surface area (Å²) >= 11 is 0. The van der Waals surface area contributed by atoms with E-state index < -0.39 is 10.0 Å². The van der Waals surface area contributed by atoms with Gasteiger partial charge in [-0.15, -0.1) is 0 Å². The first-order valence-corrected chi connectivity index (χ1v) is 11.5. The minimum absolute atomic E-state index is 0.00779. The normalized spacial score (nSPS) is 17.4. The summed E-state index contributed by atoms with van der Waals surface area (Å²) in [5, 5.41) is 0. The number of rotatable bonds is 5. The molecule has 1 fully saturated rings. The van der Waals surface area contributed by atoms with Gasteiger partial charge in [0.2, 0.25) is 16.0 Å². The fraction of sp³-hybridized carbons (Fsp3) is 0.318. The van der Waals surface area contributed by atoms with Crippen molar-refractivity contribution in [2.24, 2.45) is 0 Å². The number of para-hydroxylation sites is 1. The Morgan fingerprint density at radius 2 is 1.87 bits per heavy atom. The molecule has 31 heavy (non-hydrogen) atoms. The molecule has 2 N–H and O–H groups in total. The van der Waals surface area contributed by atoms with E-state index in [1.54, 1.807) is 36.7 Å². The highest BCUT2D eigenvalue weighted by atomic mass is 32.2. The molecule has 2 aromatic heterocycles. The minimum Gasteiger partial charge on any atom is -0.495 e. The first-order valence-electron chi connectivity index (χ1n) is 10.1. The molecule has 1 aromatic carbocycles. The number of hydrogen-bond donors (Lipinski definition) is 1. The Kier molecular flexibility index (Phi) is 5.88. The molecule has 1 saturated heterocycles. The molecule has 8 nitrogen and oxygen atoms in total. The number of sulfonamides is 1. The monoisotopic (exact) mass is 439 g/mol. The highest BCUT2D eigenvalue weighted by Gasteiger charge is 2.33. The lowest BCUT2D eigenvalue weighted by molar-refractivity contribution is 0.310. The van der Waals surface area contributed by atoms with Crippen LogP contribution in [0, 0.1) is 6.92 Å². The maximum Gasteiger partial charge on any atom is 0.246 e. The highest BCUT2D eigenvalue weighted by Crippen LogP contribution is 2.33. The lowest BCUT2D eigenvalue weighted by atomic mass is 9.93. The summed E-state index contributed by atoms with van der Waals surface area (Å²) in [6, 6.07) is 10.7. The number of nitrogen functional groups attached to an aromatic ring is 1. The van der Waals surface area contributed by atoms with Crippen LogP contribution >= 0.6 is 0 Å². The molecule has 0 spiro atoms. The van der Waals surface area contributed by atoms with E-state index in [0.29, 0.717) is 18.8 Å². The molecule has 162 valence electrons. The van der Waals surface area contributed by atoms with E-state index in [4.69, 9.17) is 15.5 Å². The van der Waals surface area contributed by atoms with Crippen molar-refractivity contribution in [1.29, 1.82) is 0 Å². The summed E-state index contributed by atoms with van der Waals surface area (Å²) in [5.41, 5.74) is 9.10. The second-order valence-corrected chi connectivity index (χ2v) is 9.51. The number of pyridine rings is 1. The van der Waals surface area contributed by atoms with Gasteiger partial charge in [0.25, 0.3) is 0 Å². The predicted molar refractivity (Wildman–Crippen MR) is 118 cm³/mol. The summed E-state index contributed by atoms with van der Waals surface area (Å²) in [5.74, 6) is 0.565. The largest absolute Gasteiger partial charge is 0.495 e. The van der Waals surface area contributed by atoms with E-state index in [0.717, 1.165) is 35.4 Å². The minimum atomic E-state index is -3.68. The number of anilines is 1. The summed E-state index contributed by atoms with van der Waals surface area (Å²) in [4.78, 5) is 13.0. The Labute approximate surface area is 182 Å². The van der Waals surface area contributed by atoms with Crippen LogP contribution in [-0.2, 0) is 10.0 Å². The molecule has 9 heteroatoms. The predicted octanol–water partition coefficient (Wildman–Crippen LogP) is 3.01. The number of hydrogen-bond acceptors (Lipinski definition) is 7.